The molecule has 0 saturated carbocycles. The topological polar surface area (TPSA) is 94.6 Å². The van der Waals surface area contributed by atoms with E-state index in [0.717, 1.165) is 43.1 Å². The zero-order valence-electron chi connectivity index (χ0n) is 17.1. The van der Waals surface area contributed by atoms with Crippen LogP contribution in [0.2, 0.25) is 0 Å². The molecule has 0 bridgehead atoms. The van der Waals surface area contributed by atoms with E-state index < -0.39 is 22.5 Å². The van der Waals surface area contributed by atoms with Gasteiger partial charge in [0.25, 0.3) is 0 Å². The standard InChI is InChI=1S/C28H8O6/c29-25-19-12-7-5-10-3-1-9-2-4-11-6-8-13-18-16(11)14(9)15(10)17(12)21(18)22(23(19)27(31)33-25)24-20(13)26(30)34-28(24)32/h1-8H. The summed E-state index contributed by atoms with van der Waals surface area (Å²) in [5.74, 6) is 0. The van der Waals surface area contributed by atoms with E-state index in [-0.39, 0.29) is 26.9 Å². The summed E-state index contributed by atoms with van der Waals surface area (Å²) in [5, 5.41) is 9.97. The highest BCUT2D eigenvalue weighted by atomic mass is 16.4. The quantitative estimate of drug-likeness (QED) is 0.250. The van der Waals surface area contributed by atoms with Crippen molar-refractivity contribution in [2.75, 3.05) is 0 Å². The van der Waals surface area contributed by atoms with Crippen molar-refractivity contribution in [2.45, 2.75) is 0 Å². The molecule has 0 aliphatic carbocycles. The number of benzene rings is 7. The first kappa shape index (κ1) is 16.7. The van der Waals surface area contributed by atoms with Crippen LogP contribution in [0.3, 0.4) is 0 Å². The van der Waals surface area contributed by atoms with Crippen LogP contribution in [-0.4, -0.2) is 0 Å². The normalized spacial score (nSPS) is 13.2. The molecule has 0 amide bonds. The van der Waals surface area contributed by atoms with Gasteiger partial charge in [0.1, 0.15) is 0 Å². The fraction of sp³-hybridized carbons (Fsp3) is 0. The van der Waals surface area contributed by atoms with Gasteiger partial charge in [0.15, 0.2) is 0 Å². The number of rotatable bonds is 0. The molecular formula is C28H8O6. The lowest BCUT2D eigenvalue weighted by atomic mass is 9.80. The van der Waals surface area contributed by atoms with Gasteiger partial charge in [0.05, 0.1) is 21.5 Å². The summed E-state index contributed by atoms with van der Waals surface area (Å²) >= 11 is 0. The van der Waals surface area contributed by atoms with Crippen molar-refractivity contribution < 1.29 is 8.83 Å². The van der Waals surface area contributed by atoms with Crippen molar-refractivity contribution in [1.82, 2.24) is 0 Å². The van der Waals surface area contributed by atoms with Crippen LogP contribution >= 0.6 is 0 Å². The SMILES string of the molecule is O=c1oc(=O)c2c1c1ccc3ccc4ccc5ccc6c7c(=O)oc(=O)c7c2c2c1c3c4c5c62. The van der Waals surface area contributed by atoms with Crippen LogP contribution < -0.4 is 22.5 Å². The van der Waals surface area contributed by atoms with E-state index in [1.807, 2.05) is 36.4 Å². The van der Waals surface area contributed by atoms with Crippen LogP contribution in [0, 0.1) is 0 Å². The van der Waals surface area contributed by atoms with Crippen molar-refractivity contribution in [1.29, 1.82) is 0 Å². The molecule has 0 unspecified atom stereocenters. The molecule has 9 aromatic rings. The minimum absolute atomic E-state index is 0.0280. The van der Waals surface area contributed by atoms with Crippen LogP contribution in [0.4, 0.5) is 0 Å². The predicted molar refractivity (Wildman–Crippen MR) is 132 cm³/mol. The number of fused-ring (bicyclic) bond motifs is 6. The molecular weight excluding hydrogens is 432 g/mol. The van der Waals surface area contributed by atoms with Gasteiger partial charge in [-0.05, 0) is 53.9 Å². The highest BCUT2D eigenvalue weighted by Crippen LogP contribution is 2.51. The van der Waals surface area contributed by atoms with Gasteiger partial charge in [0, 0.05) is 10.8 Å². The molecule has 0 aliphatic rings. The zero-order valence-corrected chi connectivity index (χ0v) is 17.1. The third-order valence-corrected chi connectivity index (χ3v) is 7.62. The third-order valence-electron chi connectivity index (χ3n) is 7.62. The Kier molecular flexibility index (Phi) is 2.41. The molecule has 0 N–H and O–H groups in total. The maximum Gasteiger partial charge on any atom is 0.347 e. The van der Waals surface area contributed by atoms with Gasteiger partial charge in [-0.15, -0.1) is 0 Å². The molecule has 6 heteroatoms. The second-order valence-electron chi connectivity index (χ2n) is 9.01. The maximum atomic E-state index is 13.0. The van der Waals surface area contributed by atoms with E-state index in [2.05, 4.69) is 12.1 Å². The Morgan fingerprint density at radius 3 is 1.09 bits per heavy atom. The minimum Gasteiger partial charge on any atom is -0.386 e. The zero-order chi connectivity index (χ0) is 22.6. The van der Waals surface area contributed by atoms with Gasteiger partial charge >= 0.3 is 22.5 Å². The summed E-state index contributed by atoms with van der Waals surface area (Å²) in [5.41, 5.74) is -3.14. The molecule has 34 heavy (non-hydrogen) atoms. The summed E-state index contributed by atoms with van der Waals surface area (Å²) in [6.07, 6.45) is 0. The first-order chi connectivity index (χ1) is 16.5. The van der Waals surface area contributed by atoms with Crippen molar-refractivity contribution in [3.8, 4) is 0 Å². The van der Waals surface area contributed by atoms with Crippen molar-refractivity contribution in [3.63, 3.8) is 0 Å². The Hall–Kier alpha value is -4.84. The van der Waals surface area contributed by atoms with Crippen LogP contribution in [0.25, 0.3) is 86.2 Å². The first-order valence-corrected chi connectivity index (χ1v) is 10.8. The van der Waals surface area contributed by atoms with Gasteiger partial charge in [-0.3, -0.25) is 0 Å². The second-order valence-corrected chi connectivity index (χ2v) is 9.01. The monoisotopic (exact) mass is 440 g/mol. The summed E-state index contributed by atoms with van der Waals surface area (Å²) < 4.78 is 10.1. The highest BCUT2D eigenvalue weighted by molar-refractivity contribution is 6.51. The van der Waals surface area contributed by atoms with Gasteiger partial charge < -0.3 is 8.83 Å². The van der Waals surface area contributed by atoms with E-state index in [4.69, 9.17) is 8.83 Å². The van der Waals surface area contributed by atoms with Crippen LogP contribution in [-0.2, 0) is 0 Å². The summed E-state index contributed by atoms with van der Waals surface area (Å²) in [6, 6.07) is 15.7. The summed E-state index contributed by atoms with van der Waals surface area (Å²) in [7, 11) is 0. The molecule has 2 heterocycles. The molecule has 7 aromatic carbocycles. The predicted octanol–water partition coefficient (Wildman–Crippen LogP) is 4.73. The Bertz CT molecular complexity index is 2400. The molecule has 6 nitrogen and oxygen atoms in total. The number of hydrogen-bond donors (Lipinski definition) is 0. The highest BCUT2D eigenvalue weighted by Gasteiger charge is 2.29. The minimum atomic E-state index is -0.820. The van der Waals surface area contributed by atoms with E-state index in [9.17, 15) is 19.2 Å². The van der Waals surface area contributed by atoms with Gasteiger partial charge in [-0.2, -0.15) is 0 Å². The lowest BCUT2D eigenvalue weighted by molar-refractivity contribution is 0.500. The fourth-order valence-electron chi connectivity index (χ4n) is 6.46. The first-order valence-electron chi connectivity index (χ1n) is 10.8. The molecule has 0 radical (unpaired) electrons. The summed E-state index contributed by atoms with van der Waals surface area (Å²) in [4.78, 5) is 51.7. The van der Waals surface area contributed by atoms with Crippen LogP contribution in [0.15, 0.2) is 76.5 Å². The second kappa shape index (κ2) is 4.89. The van der Waals surface area contributed by atoms with Crippen molar-refractivity contribution in [3.05, 3.63) is 90.2 Å². The van der Waals surface area contributed by atoms with E-state index in [1.54, 1.807) is 0 Å². The summed E-state index contributed by atoms with van der Waals surface area (Å²) in [6.45, 7) is 0. The lowest BCUT2D eigenvalue weighted by Gasteiger charge is -2.21. The fourth-order valence-corrected chi connectivity index (χ4v) is 6.46. The van der Waals surface area contributed by atoms with Gasteiger partial charge in [0.2, 0.25) is 0 Å². The van der Waals surface area contributed by atoms with E-state index in [0.29, 0.717) is 16.2 Å². The molecule has 0 fully saturated rings. The molecule has 2 aromatic heterocycles. The lowest BCUT2D eigenvalue weighted by Crippen LogP contribution is -2.01. The van der Waals surface area contributed by atoms with Gasteiger partial charge in [-0.25, -0.2) is 19.2 Å². The van der Waals surface area contributed by atoms with Gasteiger partial charge in [-0.1, -0.05) is 48.5 Å². The Morgan fingerprint density at radius 2 is 0.647 bits per heavy atom. The maximum absolute atomic E-state index is 13.0. The molecule has 0 atom stereocenters. The average molecular weight is 440 g/mol. The Labute approximate surface area is 185 Å². The van der Waals surface area contributed by atoms with Crippen molar-refractivity contribution >= 4 is 86.2 Å². The van der Waals surface area contributed by atoms with Crippen LogP contribution in [0.1, 0.15) is 0 Å². The van der Waals surface area contributed by atoms with Crippen molar-refractivity contribution in [2.24, 2.45) is 0 Å². The average Bonchev–Trinajstić information content (AvgIpc) is 3.31. The van der Waals surface area contributed by atoms with E-state index >= 15 is 0 Å². The van der Waals surface area contributed by atoms with Crippen LogP contribution in [0.5, 0.6) is 0 Å². The Balaban J connectivity index is 1.94. The molecule has 156 valence electrons. The molecule has 9 rings (SSSR count). The smallest absolute Gasteiger partial charge is 0.347 e. The van der Waals surface area contributed by atoms with E-state index in [1.165, 1.54) is 0 Å². The largest absolute Gasteiger partial charge is 0.386 e. The molecule has 0 aliphatic heterocycles. The molecule has 0 spiro atoms. The number of hydrogen-bond acceptors (Lipinski definition) is 6. The third kappa shape index (κ3) is 1.50. The number of furan rings is 2. The Morgan fingerprint density at radius 1 is 0.324 bits per heavy atom. The molecule has 0 saturated heterocycles.